The van der Waals surface area contributed by atoms with E-state index in [4.69, 9.17) is 5.73 Å². The van der Waals surface area contributed by atoms with Crippen molar-refractivity contribution < 1.29 is 9.90 Å². The van der Waals surface area contributed by atoms with Crippen LogP contribution in [0.5, 0.6) is 0 Å². The molecule has 1 aromatic heterocycles. The van der Waals surface area contributed by atoms with Crippen LogP contribution in [0.15, 0.2) is 41.8 Å². The number of aliphatic hydroxyl groups excluding tert-OH is 1. The van der Waals surface area contributed by atoms with Gasteiger partial charge in [0.1, 0.15) is 0 Å². The third-order valence-electron chi connectivity index (χ3n) is 3.32. The fraction of sp³-hybridized carbons (Fsp3) is 0.267. The van der Waals surface area contributed by atoms with Crippen LogP contribution in [-0.4, -0.2) is 17.6 Å². The number of nitrogens with two attached hydrogens (primary N) is 1. The Bertz CT molecular complexity index is 583. The number of carbonyl (C=O) groups excluding carboxylic acids is 1. The predicted octanol–water partition coefficient (Wildman–Crippen LogP) is 1.84. The molecular formula is C15H18N2O2S. The molecule has 0 saturated heterocycles. The number of benzene rings is 1. The standard InChI is InChI=1S/C15H18N2O2S/c1-15(10-18,12-5-3-2-4-6-12)17-8-13-7-11(9-20-13)14(16)19/h2-7,9,17-18H,8,10H2,1H3,(H2,16,19). The van der Waals surface area contributed by atoms with Crippen LogP contribution in [-0.2, 0) is 12.1 Å². The minimum absolute atomic E-state index is 0.00886. The molecule has 0 radical (unpaired) electrons. The molecule has 0 aliphatic carbocycles. The average Bonchev–Trinajstić information content (AvgIpc) is 2.95. The van der Waals surface area contributed by atoms with E-state index in [9.17, 15) is 9.90 Å². The van der Waals surface area contributed by atoms with Crippen molar-refractivity contribution in [2.24, 2.45) is 5.73 Å². The highest BCUT2D eigenvalue weighted by Gasteiger charge is 2.24. The van der Waals surface area contributed by atoms with Crippen molar-refractivity contribution in [2.45, 2.75) is 19.0 Å². The maximum atomic E-state index is 11.1. The summed E-state index contributed by atoms with van der Waals surface area (Å²) < 4.78 is 0. The normalized spacial score (nSPS) is 13.9. The Morgan fingerprint density at radius 1 is 1.40 bits per heavy atom. The van der Waals surface area contributed by atoms with Gasteiger partial charge in [0.05, 0.1) is 17.7 Å². The second-order valence-electron chi connectivity index (χ2n) is 4.88. The molecule has 1 amide bonds. The third kappa shape index (κ3) is 3.25. The SMILES string of the molecule is CC(CO)(NCc1cc(C(N)=O)cs1)c1ccccc1. The molecule has 2 rings (SSSR count). The zero-order chi connectivity index (χ0) is 14.6. The Balaban J connectivity index is 2.08. The smallest absolute Gasteiger partial charge is 0.249 e. The molecule has 0 bridgehead atoms. The highest BCUT2D eigenvalue weighted by atomic mass is 32.1. The molecule has 0 fully saturated rings. The van der Waals surface area contributed by atoms with Crippen LogP contribution in [0.25, 0.3) is 0 Å². The quantitative estimate of drug-likeness (QED) is 0.760. The van der Waals surface area contributed by atoms with Crippen molar-refractivity contribution in [1.82, 2.24) is 5.32 Å². The van der Waals surface area contributed by atoms with Gasteiger partial charge >= 0.3 is 0 Å². The van der Waals surface area contributed by atoms with Crippen LogP contribution in [0.2, 0.25) is 0 Å². The third-order valence-corrected chi connectivity index (χ3v) is 4.25. The fourth-order valence-electron chi connectivity index (χ4n) is 1.94. The van der Waals surface area contributed by atoms with Crippen LogP contribution in [0.4, 0.5) is 0 Å². The van der Waals surface area contributed by atoms with E-state index in [0.29, 0.717) is 12.1 Å². The maximum Gasteiger partial charge on any atom is 0.249 e. The molecule has 0 saturated carbocycles. The molecule has 1 aromatic carbocycles. The molecule has 0 aliphatic heterocycles. The summed E-state index contributed by atoms with van der Waals surface area (Å²) in [6.07, 6.45) is 0. The summed E-state index contributed by atoms with van der Waals surface area (Å²) in [6.45, 7) is 2.51. The van der Waals surface area contributed by atoms with Crippen LogP contribution < -0.4 is 11.1 Å². The van der Waals surface area contributed by atoms with Crippen LogP contribution in [0.3, 0.4) is 0 Å². The van der Waals surface area contributed by atoms with E-state index >= 15 is 0 Å². The molecule has 0 spiro atoms. The van der Waals surface area contributed by atoms with Gasteiger partial charge in [0.15, 0.2) is 0 Å². The van der Waals surface area contributed by atoms with Crippen molar-refractivity contribution in [1.29, 1.82) is 0 Å². The van der Waals surface area contributed by atoms with Crippen LogP contribution in [0.1, 0.15) is 27.7 Å². The Labute approximate surface area is 122 Å². The van der Waals surface area contributed by atoms with Crippen LogP contribution in [0, 0.1) is 0 Å². The summed E-state index contributed by atoms with van der Waals surface area (Å²) in [7, 11) is 0. The number of aliphatic hydroxyl groups is 1. The zero-order valence-corrected chi connectivity index (χ0v) is 12.1. The minimum atomic E-state index is -0.516. The van der Waals surface area contributed by atoms with E-state index in [1.54, 1.807) is 11.4 Å². The Morgan fingerprint density at radius 3 is 2.65 bits per heavy atom. The molecule has 106 valence electrons. The second kappa shape index (κ2) is 6.17. The fourth-order valence-corrected chi connectivity index (χ4v) is 2.75. The van der Waals surface area contributed by atoms with Crippen molar-refractivity contribution in [3.8, 4) is 0 Å². The van der Waals surface area contributed by atoms with Crippen molar-refractivity contribution in [3.63, 3.8) is 0 Å². The number of amides is 1. The number of hydrogen-bond donors (Lipinski definition) is 3. The van der Waals surface area contributed by atoms with E-state index < -0.39 is 11.4 Å². The number of thiophene rings is 1. The summed E-state index contributed by atoms with van der Waals surface area (Å²) in [4.78, 5) is 12.1. The number of rotatable bonds is 6. The first kappa shape index (κ1) is 14.7. The molecule has 0 aliphatic rings. The summed E-state index contributed by atoms with van der Waals surface area (Å²) in [5, 5.41) is 14.8. The van der Waals surface area contributed by atoms with E-state index in [0.717, 1.165) is 10.4 Å². The minimum Gasteiger partial charge on any atom is -0.394 e. The molecule has 1 unspecified atom stereocenters. The van der Waals surface area contributed by atoms with Gasteiger partial charge < -0.3 is 16.2 Å². The van der Waals surface area contributed by atoms with Crippen molar-refractivity contribution in [3.05, 3.63) is 57.8 Å². The van der Waals surface area contributed by atoms with E-state index in [1.165, 1.54) is 11.3 Å². The predicted molar refractivity (Wildman–Crippen MR) is 80.6 cm³/mol. The number of primary amides is 1. The van der Waals surface area contributed by atoms with Crippen LogP contribution >= 0.6 is 11.3 Å². The van der Waals surface area contributed by atoms with Gasteiger partial charge in [-0.2, -0.15) is 0 Å². The van der Waals surface area contributed by atoms with Gasteiger partial charge in [0, 0.05) is 16.8 Å². The first-order valence-corrected chi connectivity index (χ1v) is 7.22. The lowest BCUT2D eigenvalue weighted by atomic mass is 9.93. The van der Waals surface area contributed by atoms with Gasteiger partial charge in [-0.25, -0.2) is 0 Å². The van der Waals surface area contributed by atoms with E-state index in [-0.39, 0.29) is 6.61 Å². The molecule has 4 N–H and O–H groups in total. The summed E-state index contributed by atoms with van der Waals surface area (Å²) in [5.74, 6) is -0.416. The number of nitrogens with one attached hydrogen (secondary N) is 1. The van der Waals surface area contributed by atoms with Crippen molar-refractivity contribution >= 4 is 17.2 Å². The van der Waals surface area contributed by atoms with Gasteiger partial charge in [-0.05, 0) is 18.6 Å². The Morgan fingerprint density at radius 2 is 2.10 bits per heavy atom. The molecule has 20 heavy (non-hydrogen) atoms. The molecule has 1 heterocycles. The highest BCUT2D eigenvalue weighted by molar-refractivity contribution is 7.10. The van der Waals surface area contributed by atoms with Gasteiger partial charge in [-0.3, -0.25) is 4.79 Å². The lowest BCUT2D eigenvalue weighted by Crippen LogP contribution is -2.42. The highest BCUT2D eigenvalue weighted by Crippen LogP contribution is 2.22. The maximum absolute atomic E-state index is 11.1. The monoisotopic (exact) mass is 290 g/mol. The zero-order valence-electron chi connectivity index (χ0n) is 11.3. The first-order chi connectivity index (χ1) is 9.55. The molecule has 2 aromatic rings. The summed E-state index contributed by atoms with van der Waals surface area (Å²) in [5.41, 5.74) is 6.27. The molecule has 4 nitrogen and oxygen atoms in total. The molecular weight excluding hydrogens is 272 g/mol. The van der Waals surface area contributed by atoms with Gasteiger partial charge in [-0.15, -0.1) is 11.3 Å². The lowest BCUT2D eigenvalue weighted by Gasteiger charge is -2.29. The van der Waals surface area contributed by atoms with Crippen molar-refractivity contribution in [2.75, 3.05) is 6.61 Å². The van der Waals surface area contributed by atoms with E-state index in [1.807, 2.05) is 37.3 Å². The topological polar surface area (TPSA) is 75.3 Å². The lowest BCUT2D eigenvalue weighted by molar-refractivity contribution is 0.100. The molecule has 5 heteroatoms. The first-order valence-electron chi connectivity index (χ1n) is 6.34. The Kier molecular flexibility index (Phi) is 4.54. The van der Waals surface area contributed by atoms with Gasteiger partial charge in [0.25, 0.3) is 0 Å². The summed E-state index contributed by atoms with van der Waals surface area (Å²) >= 11 is 1.48. The number of hydrogen-bond acceptors (Lipinski definition) is 4. The van der Waals surface area contributed by atoms with E-state index in [2.05, 4.69) is 5.32 Å². The Hall–Kier alpha value is -1.69. The molecule has 1 atom stereocenters. The van der Waals surface area contributed by atoms with Gasteiger partial charge in [0.2, 0.25) is 5.91 Å². The number of carbonyl (C=O) groups is 1. The second-order valence-corrected chi connectivity index (χ2v) is 5.87. The largest absolute Gasteiger partial charge is 0.394 e. The van der Waals surface area contributed by atoms with Gasteiger partial charge in [-0.1, -0.05) is 30.3 Å². The average molecular weight is 290 g/mol. The summed E-state index contributed by atoms with van der Waals surface area (Å²) in [6, 6.07) is 11.6.